The van der Waals surface area contributed by atoms with Crippen LogP contribution in [0.5, 0.6) is 17.2 Å². The lowest BCUT2D eigenvalue weighted by atomic mass is 10.1. The van der Waals surface area contributed by atoms with E-state index < -0.39 is 5.92 Å². The molecule has 10 heteroatoms. The first-order valence-electron chi connectivity index (χ1n) is 14.3. The van der Waals surface area contributed by atoms with Gasteiger partial charge in [-0.1, -0.05) is 30.3 Å². The maximum atomic E-state index is 14.0. The summed E-state index contributed by atoms with van der Waals surface area (Å²) in [5, 5.41) is 8.57. The van der Waals surface area contributed by atoms with Crippen molar-refractivity contribution in [3.63, 3.8) is 0 Å². The number of halogens is 2. The number of para-hydroxylation sites is 1. The molecule has 228 valence electrons. The first-order valence-corrected chi connectivity index (χ1v) is 14.3. The van der Waals surface area contributed by atoms with Crippen molar-refractivity contribution in [1.29, 1.82) is 0 Å². The van der Waals surface area contributed by atoms with Crippen LogP contribution in [0.2, 0.25) is 0 Å². The predicted octanol–water partition coefficient (Wildman–Crippen LogP) is 6.08. The molecule has 0 radical (unpaired) electrons. The van der Waals surface area contributed by atoms with Gasteiger partial charge >= 0.3 is 0 Å². The molecular formula is C34H34F2N4O4. The Morgan fingerprint density at radius 3 is 2.50 bits per heavy atom. The Labute approximate surface area is 254 Å². The Hall–Kier alpha value is -4.99. The summed E-state index contributed by atoms with van der Waals surface area (Å²) in [6, 6.07) is 21.5. The molecule has 1 aliphatic heterocycles. The average Bonchev–Trinajstić information content (AvgIpc) is 3.37. The van der Waals surface area contributed by atoms with Crippen molar-refractivity contribution in [3.05, 3.63) is 107 Å². The standard InChI is InChI=1S/C34H34F2N4O4/c1-34(35,36)32-20-25(40(39-32)24-12-5-4-6-13-24)14-7-8-17-33(41)38-23-11-9-15-26(19-23)44-29-16-10-18-37-28-22-31(43-3)30(42-2)21-27(28)29/h4-6,9-13,15,18-22H,7-8,14,16-17H2,1-3H3,(H,38,41). The van der Waals surface area contributed by atoms with Crippen molar-refractivity contribution < 1.29 is 27.8 Å². The monoisotopic (exact) mass is 600 g/mol. The summed E-state index contributed by atoms with van der Waals surface area (Å²) in [4.78, 5) is 17.3. The molecule has 0 bridgehead atoms. The molecule has 1 aliphatic rings. The molecule has 4 aromatic rings. The molecule has 1 aromatic heterocycles. The molecule has 0 unspecified atom stereocenters. The third-order valence-corrected chi connectivity index (χ3v) is 7.10. The molecule has 0 aliphatic carbocycles. The number of anilines is 1. The van der Waals surface area contributed by atoms with Gasteiger partial charge in [0, 0.05) is 54.7 Å². The number of hydrogen-bond donors (Lipinski definition) is 1. The molecule has 44 heavy (non-hydrogen) atoms. The first kappa shape index (κ1) is 30.5. The van der Waals surface area contributed by atoms with Crippen LogP contribution in [0.1, 0.15) is 44.0 Å². The van der Waals surface area contributed by atoms with Gasteiger partial charge in [-0.2, -0.15) is 13.9 Å². The highest BCUT2D eigenvalue weighted by Crippen LogP contribution is 2.28. The van der Waals surface area contributed by atoms with Crippen LogP contribution >= 0.6 is 0 Å². The second kappa shape index (κ2) is 13.5. The van der Waals surface area contributed by atoms with Crippen molar-refractivity contribution in [2.24, 2.45) is 4.99 Å². The van der Waals surface area contributed by atoms with Gasteiger partial charge in [0.2, 0.25) is 5.91 Å². The average molecular weight is 601 g/mol. The molecule has 5 rings (SSSR count). The van der Waals surface area contributed by atoms with E-state index in [4.69, 9.17) is 14.2 Å². The number of nitrogens with one attached hydrogen (secondary N) is 1. The minimum absolute atomic E-state index is 0.148. The maximum Gasteiger partial charge on any atom is 0.288 e. The van der Waals surface area contributed by atoms with Crippen molar-refractivity contribution in [1.82, 2.24) is 9.78 Å². The zero-order valence-corrected chi connectivity index (χ0v) is 24.8. The van der Waals surface area contributed by atoms with Crippen LogP contribution in [0.25, 0.3) is 11.4 Å². The van der Waals surface area contributed by atoms with Crippen LogP contribution in [-0.4, -0.2) is 29.9 Å². The molecular weight excluding hydrogens is 566 g/mol. The highest BCUT2D eigenvalue weighted by molar-refractivity contribution is 5.90. The van der Waals surface area contributed by atoms with Gasteiger partial charge in [-0.3, -0.25) is 9.79 Å². The van der Waals surface area contributed by atoms with E-state index in [2.05, 4.69) is 15.4 Å². The highest BCUT2D eigenvalue weighted by atomic mass is 19.3. The van der Waals surface area contributed by atoms with E-state index in [-0.39, 0.29) is 18.0 Å². The number of amides is 1. The van der Waals surface area contributed by atoms with Crippen LogP contribution in [0.3, 0.4) is 0 Å². The minimum Gasteiger partial charge on any atom is -0.493 e. The molecule has 8 nitrogen and oxygen atoms in total. The summed E-state index contributed by atoms with van der Waals surface area (Å²) in [7, 11) is 3.15. The second-order valence-corrected chi connectivity index (χ2v) is 10.4. The topological polar surface area (TPSA) is 87.0 Å². The fourth-order valence-corrected chi connectivity index (χ4v) is 4.90. The Balaban J connectivity index is 1.22. The van der Waals surface area contributed by atoms with Crippen LogP contribution in [0.15, 0.2) is 90.1 Å². The number of rotatable bonds is 12. The van der Waals surface area contributed by atoms with E-state index >= 15 is 0 Å². The smallest absolute Gasteiger partial charge is 0.288 e. The number of methoxy groups -OCH3 is 2. The number of fused-ring (bicyclic) bond motifs is 1. The Kier molecular flexibility index (Phi) is 9.38. The fourth-order valence-electron chi connectivity index (χ4n) is 4.90. The van der Waals surface area contributed by atoms with E-state index in [0.717, 1.165) is 12.1 Å². The third kappa shape index (κ3) is 7.31. The lowest BCUT2D eigenvalue weighted by Crippen LogP contribution is -2.28. The summed E-state index contributed by atoms with van der Waals surface area (Å²) in [6.07, 6.45) is 6.14. The SMILES string of the molecule is COc1cc2c(cc1OC)=C(Oc1cccc(NC(=O)CCCCc3cc(C(C)(F)F)nn3-c3ccccc3)c1)CC=CN=2. The van der Waals surface area contributed by atoms with Crippen molar-refractivity contribution >= 4 is 17.4 Å². The number of unbranched alkanes of at least 4 members (excludes halogenated alkanes) is 1. The van der Waals surface area contributed by atoms with Crippen molar-refractivity contribution in [2.75, 3.05) is 19.5 Å². The van der Waals surface area contributed by atoms with Crippen LogP contribution in [0, 0.1) is 0 Å². The van der Waals surface area contributed by atoms with E-state index in [1.165, 1.54) is 6.07 Å². The minimum atomic E-state index is -3.04. The van der Waals surface area contributed by atoms with E-state index in [9.17, 15) is 13.6 Å². The molecule has 0 atom stereocenters. The highest BCUT2D eigenvalue weighted by Gasteiger charge is 2.29. The number of ether oxygens (including phenoxy) is 3. The number of nitrogens with zero attached hydrogens (tertiary/aromatic N) is 3. The summed E-state index contributed by atoms with van der Waals surface area (Å²) >= 11 is 0. The molecule has 2 heterocycles. The van der Waals surface area contributed by atoms with Gasteiger partial charge in [-0.05, 0) is 55.7 Å². The Morgan fingerprint density at radius 1 is 0.977 bits per heavy atom. The van der Waals surface area contributed by atoms with E-state index in [1.807, 2.05) is 54.6 Å². The van der Waals surface area contributed by atoms with Gasteiger partial charge in [0.25, 0.3) is 5.92 Å². The number of alkyl halides is 2. The number of hydrogen-bond acceptors (Lipinski definition) is 6. The number of carbonyl (C=O) groups excluding carboxylic acids is 1. The zero-order valence-electron chi connectivity index (χ0n) is 24.8. The van der Waals surface area contributed by atoms with Crippen LogP contribution < -0.4 is 30.1 Å². The van der Waals surface area contributed by atoms with Gasteiger partial charge in [0.1, 0.15) is 17.2 Å². The van der Waals surface area contributed by atoms with Gasteiger partial charge in [0.15, 0.2) is 11.5 Å². The second-order valence-electron chi connectivity index (χ2n) is 10.4. The number of aryl methyl sites for hydroxylation is 1. The molecule has 0 saturated carbocycles. The maximum absolute atomic E-state index is 14.0. The Bertz CT molecular complexity index is 1780. The zero-order chi connectivity index (χ0) is 31.1. The molecule has 0 saturated heterocycles. The lowest BCUT2D eigenvalue weighted by Gasteiger charge is -2.12. The van der Waals surface area contributed by atoms with E-state index in [0.29, 0.717) is 71.1 Å². The van der Waals surface area contributed by atoms with Crippen LogP contribution in [0.4, 0.5) is 14.5 Å². The van der Waals surface area contributed by atoms with E-state index in [1.54, 1.807) is 43.3 Å². The summed E-state index contributed by atoms with van der Waals surface area (Å²) in [5.74, 6) is -0.808. The molecule has 0 fully saturated rings. The summed E-state index contributed by atoms with van der Waals surface area (Å²) < 4.78 is 46.7. The fraction of sp³-hybridized carbons (Fsp3) is 0.265. The number of aromatic nitrogens is 2. The number of benzene rings is 3. The molecule has 0 spiro atoms. The quantitative estimate of drug-likeness (QED) is 0.199. The van der Waals surface area contributed by atoms with Gasteiger partial charge in [-0.25, -0.2) is 4.68 Å². The van der Waals surface area contributed by atoms with Gasteiger partial charge in [-0.15, -0.1) is 0 Å². The molecule has 1 N–H and O–H groups in total. The van der Waals surface area contributed by atoms with Gasteiger partial charge < -0.3 is 19.5 Å². The predicted molar refractivity (Wildman–Crippen MR) is 164 cm³/mol. The Morgan fingerprint density at radius 2 is 1.75 bits per heavy atom. The van der Waals surface area contributed by atoms with Crippen molar-refractivity contribution in [3.8, 4) is 22.9 Å². The van der Waals surface area contributed by atoms with Crippen LogP contribution in [-0.2, 0) is 17.1 Å². The summed E-state index contributed by atoms with van der Waals surface area (Å²) in [5.41, 5.74) is 1.72. The normalized spacial score (nSPS) is 12.6. The largest absolute Gasteiger partial charge is 0.493 e. The van der Waals surface area contributed by atoms with Gasteiger partial charge in [0.05, 0.1) is 25.3 Å². The lowest BCUT2D eigenvalue weighted by molar-refractivity contribution is -0.116. The third-order valence-electron chi connectivity index (χ3n) is 7.10. The van der Waals surface area contributed by atoms with Crippen molar-refractivity contribution in [2.45, 2.75) is 45.0 Å². The number of carbonyl (C=O) groups is 1. The first-order chi connectivity index (χ1) is 21.2. The summed E-state index contributed by atoms with van der Waals surface area (Å²) in [6.45, 7) is 0.842. The molecule has 3 aromatic carbocycles. The molecule has 1 amide bonds.